The van der Waals surface area contributed by atoms with Crippen LogP contribution in [0.2, 0.25) is 0 Å². The molecule has 1 aliphatic rings. The van der Waals surface area contributed by atoms with Crippen molar-refractivity contribution in [3.05, 3.63) is 35.9 Å². The van der Waals surface area contributed by atoms with Gasteiger partial charge in [0.2, 0.25) is 0 Å². The highest BCUT2D eigenvalue weighted by Gasteiger charge is 2.14. The first-order chi connectivity index (χ1) is 8.36. The zero-order chi connectivity index (χ0) is 11.9. The van der Waals surface area contributed by atoms with Crippen LogP contribution in [0.5, 0.6) is 0 Å². The summed E-state index contributed by atoms with van der Waals surface area (Å²) in [6.07, 6.45) is 10.2. The molecule has 1 atom stereocenters. The molecule has 1 saturated carbocycles. The van der Waals surface area contributed by atoms with Crippen LogP contribution in [-0.4, -0.2) is 5.11 Å². The summed E-state index contributed by atoms with van der Waals surface area (Å²) in [5.41, 5.74) is 1.07. The number of hydrogen-bond acceptors (Lipinski definition) is 1. The molecule has 0 aromatic heterocycles. The molecule has 1 N–H and O–H groups in total. The SMILES string of the molecule is OC(CCC1CCCCCC1)c1ccccc1. The first-order valence-electron chi connectivity index (χ1n) is 7.09. The molecule has 1 aromatic rings. The first kappa shape index (κ1) is 12.6. The van der Waals surface area contributed by atoms with E-state index in [1.807, 2.05) is 30.3 Å². The fourth-order valence-electron chi connectivity index (χ4n) is 2.89. The Morgan fingerprint density at radius 3 is 2.29 bits per heavy atom. The zero-order valence-corrected chi connectivity index (χ0v) is 10.6. The molecule has 1 heteroatoms. The maximum absolute atomic E-state index is 10.1. The molecular formula is C16H24O. The minimum absolute atomic E-state index is 0.264. The smallest absolute Gasteiger partial charge is 0.0790 e. The Labute approximate surface area is 105 Å². The van der Waals surface area contributed by atoms with E-state index in [4.69, 9.17) is 0 Å². The average molecular weight is 232 g/mol. The van der Waals surface area contributed by atoms with Gasteiger partial charge in [0.1, 0.15) is 0 Å². The van der Waals surface area contributed by atoms with Crippen molar-refractivity contribution in [2.45, 2.75) is 57.5 Å². The number of rotatable bonds is 4. The number of hydrogen-bond donors (Lipinski definition) is 1. The lowest BCUT2D eigenvalue weighted by molar-refractivity contribution is 0.155. The summed E-state index contributed by atoms with van der Waals surface area (Å²) in [6, 6.07) is 10.1. The van der Waals surface area contributed by atoms with E-state index in [0.29, 0.717) is 0 Å². The second kappa shape index (κ2) is 6.80. The Morgan fingerprint density at radius 2 is 1.65 bits per heavy atom. The van der Waals surface area contributed by atoms with Gasteiger partial charge >= 0.3 is 0 Å². The second-order valence-corrected chi connectivity index (χ2v) is 5.36. The lowest BCUT2D eigenvalue weighted by atomic mass is 9.92. The van der Waals surface area contributed by atoms with Crippen LogP contribution in [-0.2, 0) is 0 Å². The maximum atomic E-state index is 10.1. The largest absolute Gasteiger partial charge is 0.388 e. The normalized spacial score (nSPS) is 19.8. The van der Waals surface area contributed by atoms with Crippen molar-refractivity contribution in [2.75, 3.05) is 0 Å². The van der Waals surface area contributed by atoms with E-state index in [9.17, 15) is 5.11 Å². The van der Waals surface area contributed by atoms with Gasteiger partial charge in [-0.1, -0.05) is 68.9 Å². The lowest BCUT2D eigenvalue weighted by Crippen LogP contribution is -2.03. The monoisotopic (exact) mass is 232 g/mol. The molecule has 0 heterocycles. The molecule has 0 saturated heterocycles. The van der Waals surface area contributed by atoms with E-state index in [1.54, 1.807) is 0 Å². The van der Waals surface area contributed by atoms with Crippen molar-refractivity contribution in [2.24, 2.45) is 5.92 Å². The Bertz CT molecular complexity index is 299. The van der Waals surface area contributed by atoms with E-state index in [1.165, 1.54) is 44.9 Å². The number of benzene rings is 1. The average Bonchev–Trinajstić information content (AvgIpc) is 2.65. The van der Waals surface area contributed by atoms with Gasteiger partial charge < -0.3 is 5.11 Å². The van der Waals surface area contributed by atoms with Gasteiger partial charge in [-0.15, -0.1) is 0 Å². The van der Waals surface area contributed by atoms with Gasteiger partial charge in [-0.2, -0.15) is 0 Å². The minimum atomic E-state index is -0.264. The predicted octanol–water partition coefficient (Wildman–Crippen LogP) is 4.47. The highest BCUT2D eigenvalue weighted by atomic mass is 16.3. The van der Waals surface area contributed by atoms with Gasteiger partial charge in [-0.05, 0) is 24.3 Å². The van der Waals surface area contributed by atoms with Crippen molar-refractivity contribution in [3.63, 3.8) is 0 Å². The molecule has 0 amide bonds. The van der Waals surface area contributed by atoms with Gasteiger partial charge in [-0.3, -0.25) is 0 Å². The molecule has 0 spiro atoms. The molecule has 0 bridgehead atoms. The second-order valence-electron chi connectivity index (χ2n) is 5.36. The lowest BCUT2D eigenvalue weighted by Gasteiger charge is -2.16. The number of aliphatic hydroxyl groups is 1. The van der Waals surface area contributed by atoms with Gasteiger partial charge in [0.25, 0.3) is 0 Å². The highest BCUT2D eigenvalue weighted by molar-refractivity contribution is 5.17. The van der Waals surface area contributed by atoms with Crippen molar-refractivity contribution < 1.29 is 5.11 Å². The summed E-state index contributed by atoms with van der Waals surface area (Å²) in [4.78, 5) is 0. The summed E-state index contributed by atoms with van der Waals surface area (Å²) < 4.78 is 0. The van der Waals surface area contributed by atoms with E-state index in [0.717, 1.165) is 17.9 Å². The summed E-state index contributed by atoms with van der Waals surface area (Å²) in [7, 11) is 0. The molecular weight excluding hydrogens is 208 g/mol. The fourth-order valence-corrected chi connectivity index (χ4v) is 2.89. The molecule has 94 valence electrons. The third-order valence-corrected chi connectivity index (χ3v) is 4.01. The molecule has 1 fully saturated rings. The van der Waals surface area contributed by atoms with Crippen molar-refractivity contribution in [1.82, 2.24) is 0 Å². The minimum Gasteiger partial charge on any atom is -0.388 e. The first-order valence-corrected chi connectivity index (χ1v) is 7.09. The van der Waals surface area contributed by atoms with Crippen LogP contribution in [0, 0.1) is 5.92 Å². The van der Waals surface area contributed by atoms with E-state index >= 15 is 0 Å². The zero-order valence-electron chi connectivity index (χ0n) is 10.6. The molecule has 0 radical (unpaired) electrons. The summed E-state index contributed by atoms with van der Waals surface area (Å²) in [5.74, 6) is 0.857. The Morgan fingerprint density at radius 1 is 1.00 bits per heavy atom. The van der Waals surface area contributed by atoms with Crippen LogP contribution in [0.15, 0.2) is 30.3 Å². The topological polar surface area (TPSA) is 20.2 Å². The summed E-state index contributed by atoms with van der Waals surface area (Å²) >= 11 is 0. The van der Waals surface area contributed by atoms with Crippen molar-refractivity contribution >= 4 is 0 Å². The summed E-state index contributed by atoms with van der Waals surface area (Å²) in [5, 5.41) is 10.1. The third kappa shape index (κ3) is 4.16. The highest BCUT2D eigenvalue weighted by Crippen LogP contribution is 2.29. The summed E-state index contributed by atoms with van der Waals surface area (Å²) in [6.45, 7) is 0. The van der Waals surface area contributed by atoms with Crippen molar-refractivity contribution in [1.29, 1.82) is 0 Å². The Hall–Kier alpha value is -0.820. The Kier molecular flexibility index (Phi) is 5.06. The van der Waals surface area contributed by atoms with Crippen LogP contribution < -0.4 is 0 Å². The molecule has 1 unspecified atom stereocenters. The van der Waals surface area contributed by atoms with Gasteiger partial charge in [0.05, 0.1) is 6.10 Å². The van der Waals surface area contributed by atoms with Crippen LogP contribution in [0.25, 0.3) is 0 Å². The van der Waals surface area contributed by atoms with Crippen LogP contribution >= 0.6 is 0 Å². The van der Waals surface area contributed by atoms with Gasteiger partial charge in [0.15, 0.2) is 0 Å². The van der Waals surface area contributed by atoms with Gasteiger partial charge in [-0.25, -0.2) is 0 Å². The standard InChI is InChI=1S/C16H24O/c17-16(15-10-6-3-7-11-15)13-12-14-8-4-1-2-5-9-14/h3,6-7,10-11,14,16-17H,1-2,4-5,8-9,12-13H2. The molecule has 17 heavy (non-hydrogen) atoms. The molecule has 1 aliphatic carbocycles. The van der Waals surface area contributed by atoms with Crippen LogP contribution in [0.3, 0.4) is 0 Å². The van der Waals surface area contributed by atoms with Gasteiger partial charge in [0, 0.05) is 0 Å². The van der Waals surface area contributed by atoms with E-state index in [-0.39, 0.29) is 6.10 Å². The number of aliphatic hydroxyl groups excluding tert-OH is 1. The molecule has 1 aromatic carbocycles. The van der Waals surface area contributed by atoms with E-state index in [2.05, 4.69) is 0 Å². The maximum Gasteiger partial charge on any atom is 0.0790 e. The quantitative estimate of drug-likeness (QED) is 0.759. The Balaban J connectivity index is 1.77. The molecule has 0 aliphatic heterocycles. The van der Waals surface area contributed by atoms with Crippen molar-refractivity contribution in [3.8, 4) is 0 Å². The molecule has 1 nitrogen and oxygen atoms in total. The third-order valence-electron chi connectivity index (χ3n) is 4.01. The predicted molar refractivity (Wildman–Crippen MR) is 71.8 cm³/mol. The van der Waals surface area contributed by atoms with E-state index < -0.39 is 0 Å². The molecule has 2 rings (SSSR count). The van der Waals surface area contributed by atoms with Crippen LogP contribution in [0.4, 0.5) is 0 Å². The fraction of sp³-hybridized carbons (Fsp3) is 0.625. The van der Waals surface area contributed by atoms with Crippen LogP contribution in [0.1, 0.15) is 63.0 Å².